The molecule has 0 amide bonds. The predicted octanol–water partition coefficient (Wildman–Crippen LogP) is 5.02. The summed E-state index contributed by atoms with van der Waals surface area (Å²) in [6.07, 6.45) is -0.0716. The molecular weight excluding hydrogens is 977 g/mol. The molecule has 0 atom stereocenters. The molecule has 0 radical (unpaired) electrons. The molecule has 350 valence electrons. The largest absolute Gasteiger partial charge is 0.399 e. The molecule has 0 aliphatic heterocycles. The van der Waals surface area contributed by atoms with E-state index in [2.05, 4.69) is 28.3 Å². The zero-order valence-corrected chi connectivity index (χ0v) is 39.1. The number of hydrogen-bond acceptors (Lipinski definition) is 14. The van der Waals surface area contributed by atoms with Gasteiger partial charge in [0, 0.05) is 45.5 Å². The van der Waals surface area contributed by atoms with Gasteiger partial charge in [0.25, 0.3) is 40.1 Å². The van der Waals surface area contributed by atoms with Gasteiger partial charge in [-0.1, -0.05) is 0 Å². The molecule has 0 saturated carbocycles. The zero-order valence-electron chi connectivity index (χ0n) is 34.2. The van der Waals surface area contributed by atoms with Crippen LogP contribution in [0.15, 0.2) is 165 Å². The van der Waals surface area contributed by atoms with Gasteiger partial charge in [-0.2, -0.15) is 0 Å². The first-order valence-electron chi connectivity index (χ1n) is 19.1. The maximum absolute atomic E-state index is 13.0. The Bertz CT molecular complexity index is 3140. The van der Waals surface area contributed by atoms with E-state index in [9.17, 15) is 50.5 Å². The van der Waals surface area contributed by atoms with E-state index in [1.165, 1.54) is 146 Å². The molecule has 0 spiro atoms. The Morgan fingerprint density at radius 1 is 0.273 bits per heavy atom. The third-order valence-corrected chi connectivity index (χ3v) is 17.4. The van der Waals surface area contributed by atoms with Crippen LogP contribution in [0, 0.1) is 0 Å². The third kappa shape index (κ3) is 13.5. The van der Waals surface area contributed by atoms with Crippen LogP contribution in [0.2, 0.25) is 0 Å². The van der Waals surface area contributed by atoms with E-state index < -0.39 is 71.6 Å². The van der Waals surface area contributed by atoms with E-state index in [0.717, 1.165) is 0 Å². The average molecular weight is 1020 g/mol. The molecule has 0 unspecified atom stereocenters. The summed E-state index contributed by atoms with van der Waals surface area (Å²) >= 11 is 0. The number of sulfonamides is 6. The van der Waals surface area contributed by atoms with Crippen LogP contribution in [0.4, 0.5) is 45.5 Å². The van der Waals surface area contributed by atoms with E-state index in [1.54, 1.807) is 0 Å². The molecule has 10 N–H and O–H groups in total. The second-order valence-corrected chi connectivity index (χ2v) is 24.7. The summed E-state index contributed by atoms with van der Waals surface area (Å²) in [4.78, 5) is -0.429. The van der Waals surface area contributed by atoms with Crippen LogP contribution in [0.5, 0.6) is 0 Å². The monoisotopic (exact) mass is 1020 g/mol. The van der Waals surface area contributed by atoms with Gasteiger partial charge in [-0.3, -0.25) is 28.3 Å². The van der Waals surface area contributed by atoms with Gasteiger partial charge in [0.05, 0.1) is 31.1 Å². The molecule has 20 nitrogen and oxygen atoms in total. The minimum atomic E-state index is -4.13. The van der Waals surface area contributed by atoms with Crippen LogP contribution in [0.1, 0.15) is 12.8 Å². The Kier molecular flexibility index (Phi) is 14.4. The lowest BCUT2D eigenvalue weighted by Crippen LogP contribution is -2.20. The fraction of sp³-hybridized carbons (Fsp3) is 0.100. The van der Waals surface area contributed by atoms with Crippen molar-refractivity contribution >= 4 is 106 Å². The molecule has 0 bridgehead atoms. The molecule has 6 rings (SSSR count). The smallest absolute Gasteiger partial charge is 0.261 e. The number of rotatable bonds is 21. The molecule has 0 aliphatic rings. The molecule has 26 heteroatoms. The summed E-state index contributed by atoms with van der Waals surface area (Å²) < 4.78 is 168. The van der Waals surface area contributed by atoms with Gasteiger partial charge >= 0.3 is 0 Å². The van der Waals surface area contributed by atoms with Crippen LogP contribution < -0.4 is 39.8 Å². The fourth-order valence-electron chi connectivity index (χ4n) is 5.81. The summed E-state index contributed by atoms with van der Waals surface area (Å²) in [5.74, 6) is -0.861. The Labute approximate surface area is 383 Å². The van der Waals surface area contributed by atoms with Crippen molar-refractivity contribution in [2.75, 3.05) is 51.3 Å². The minimum Gasteiger partial charge on any atom is -0.399 e. The minimum absolute atomic E-state index is 0.0358. The van der Waals surface area contributed by atoms with E-state index in [-0.39, 0.29) is 66.5 Å². The molecule has 66 heavy (non-hydrogen) atoms. The van der Waals surface area contributed by atoms with Crippen LogP contribution in [-0.2, 0) is 60.1 Å². The Morgan fingerprint density at radius 2 is 0.455 bits per heavy atom. The lowest BCUT2D eigenvalue weighted by Gasteiger charge is -2.12. The molecule has 0 heterocycles. The maximum Gasteiger partial charge on any atom is 0.261 e. The first-order chi connectivity index (χ1) is 30.9. The standard InChI is InChI=1S/C40H42N8O12S6/c41-29-3-19-37(20-4-29)63(53,54)47-35-15-23-39(24-16-35)65(57,58)45-33-11-7-31(8-12-33)43-61(49,50)27-1-2-28-62(51,52)44-32-9-13-34(14-10-32)46-66(59,60)40-25-17-36(18-26-40)48-64(55,56)38-21-5-30(42)6-22-38/h3-26,43-48H,1-2,27-28,41-42H2. The Balaban J connectivity index is 0.930. The Hall–Kier alpha value is -6.58. The van der Waals surface area contributed by atoms with Crippen molar-refractivity contribution in [3.63, 3.8) is 0 Å². The summed E-state index contributed by atoms with van der Waals surface area (Å²) in [5, 5.41) is 0. The van der Waals surface area contributed by atoms with Crippen LogP contribution >= 0.6 is 0 Å². The topological polar surface area (TPSA) is 329 Å². The van der Waals surface area contributed by atoms with Crippen molar-refractivity contribution in [2.45, 2.75) is 32.4 Å². The van der Waals surface area contributed by atoms with Crippen molar-refractivity contribution in [2.24, 2.45) is 0 Å². The SMILES string of the molecule is Nc1ccc(S(=O)(=O)Nc2ccc(S(=O)(=O)Nc3ccc(NS(=O)(=O)CCCCS(=O)(=O)Nc4ccc(NS(=O)(=O)c5ccc(NS(=O)(=O)c6ccc(N)cc6)cc5)cc4)cc3)cc2)cc1. The predicted molar refractivity (Wildman–Crippen MR) is 255 cm³/mol. The molecule has 0 aliphatic carbocycles. The normalized spacial score (nSPS) is 12.4. The maximum atomic E-state index is 13.0. The lowest BCUT2D eigenvalue weighted by molar-refractivity contribution is 0.590. The van der Waals surface area contributed by atoms with E-state index in [0.29, 0.717) is 11.4 Å². The van der Waals surface area contributed by atoms with Crippen molar-refractivity contribution < 1.29 is 50.5 Å². The van der Waals surface area contributed by atoms with Gasteiger partial charge in [-0.05, 0) is 158 Å². The Morgan fingerprint density at radius 3 is 0.682 bits per heavy atom. The van der Waals surface area contributed by atoms with Gasteiger partial charge in [-0.15, -0.1) is 0 Å². The number of benzene rings is 6. The highest BCUT2D eigenvalue weighted by Crippen LogP contribution is 2.25. The quantitative estimate of drug-likeness (QED) is 0.0347. The van der Waals surface area contributed by atoms with Crippen LogP contribution in [0.3, 0.4) is 0 Å². The number of anilines is 8. The zero-order chi connectivity index (χ0) is 48.0. The summed E-state index contributed by atoms with van der Waals surface area (Å²) in [6, 6.07) is 31.5. The third-order valence-electron chi connectivity index (χ3n) is 9.11. The number of hydrogen-bond donors (Lipinski definition) is 8. The van der Waals surface area contributed by atoms with Gasteiger partial charge in [0.2, 0.25) is 20.0 Å². The molecule has 0 fully saturated rings. The van der Waals surface area contributed by atoms with E-state index in [1.807, 2.05) is 0 Å². The molecule has 6 aromatic carbocycles. The number of unbranched alkanes of at least 4 members (excludes halogenated alkanes) is 1. The van der Waals surface area contributed by atoms with Gasteiger partial charge < -0.3 is 11.5 Å². The second-order valence-electron chi connectivity index (χ2n) is 14.3. The second kappa shape index (κ2) is 19.5. The highest BCUT2D eigenvalue weighted by atomic mass is 32.2. The van der Waals surface area contributed by atoms with Crippen molar-refractivity contribution in [1.29, 1.82) is 0 Å². The highest BCUT2D eigenvalue weighted by molar-refractivity contribution is 7.94. The van der Waals surface area contributed by atoms with Crippen molar-refractivity contribution in [3.8, 4) is 0 Å². The molecule has 0 aromatic heterocycles. The summed E-state index contributed by atoms with van der Waals surface area (Å²) in [5.41, 5.74) is 12.6. The molecular formula is C40H42N8O12S6. The first kappa shape index (κ1) is 48.9. The van der Waals surface area contributed by atoms with Crippen LogP contribution in [-0.4, -0.2) is 62.0 Å². The van der Waals surface area contributed by atoms with Gasteiger partial charge in [0.1, 0.15) is 0 Å². The van der Waals surface area contributed by atoms with Crippen molar-refractivity contribution in [3.05, 3.63) is 146 Å². The van der Waals surface area contributed by atoms with Gasteiger partial charge in [0.15, 0.2) is 0 Å². The number of nitrogen functional groups attached to an aromatic ring is 2. The lowest BCUT2D eigenvalue weighted by atomic mass is 10.3. The van der Waals surface area contributed by atoms with Crippen LogP contribution in [0.25, 0.3) is 0 Å². The van der Waals surface area contributed by atoms with Crippen molar-refractivity contribution in [1.82, 2.24) is 0 Å². The average Bonchev–Trinajstić information content (AvgIpc) is 3.24. The number of nitrogens with two attached hydrogens (primary N) is 2. The number of nitrogens with one attached hydrogen (secondary N) is 6. The first-order valence-corrected chi connectivity index (χ1v) is 28.4. The molecule has 0 saturated heterocycles. The fourth-order valence-corrected chi connectivity index (χ4v) is 12.4. The van der Waals surface area contributed by atoms with Gasteiger partial charge in [-0.25, -0.2) is 50.5 Å². The van der Waals surface area contributed by atoms with E-state index >= 15 is 0 Å². The van der Waals surface area contributed by atoms with E-state index in [4.69, 9.17) is 11.5 Å². The molecule has 6 aromatic rings. The highest BCUT2D eigenvalue weighted by Gasteiger charge is 2.20. The summed E-state index contributed by atoms with van der Waals surface area (Å²) in [6.45, 7) is 0. The summed E-state index contributed by atoms with van der Waals surface area (Å²) in [7, 11) is -24.1.